The molecule has 0 saturated heterocycles. The lowest BCUT2D eigenvalue weighted by Gasteiger charge is -2.07. The summed E-state index contributed by atoms with van der Waals surface area (Å²) in [5.74, 6) is -3.14. The highest BCUT2D eigenvalue weighted by Crippen LogP contribution is 2.37. The number of carbonyl (C=O) groups excluding carboxylic acids is 1. The zero-order valence-corrected chi connectivity index (χ0v) is 14.9. The first-order valence-electron chi connectivity index (χ1n) is 5.11. The Morgan fingerprint density at radius 2 is 1.67 bits per heavy atom. The molecule has 0 aromatic heterocycles. The average molecular weight is 495 g/mol. The Morgan fingerprint density at radius 1 is 1.19 bits per heavy atom. The van der Waals surface area contributed by atoms with Gasteiger partial charge in [0.1, 0.15) is 5.69 Å². The Kier molecular flexibility index (Phi) is 6.11. The molecule has 114 valence electrons. The summed E-state index contributed by atoms with van der Waals surface area (Å²) in [7, 11) is 0. The van der Waals surface area contributed by atoms with Crippen LogP contribution in [-0.2, 0) is 4.79 Å². The average Bonchev–Trinajstić information content (AvgIpc) is 2.30. The molecule has 1 aromatic rings. The van der Waals surface area contributed by atoms with Gasteiger partial charge < -0.3 is 5.11 Å². The molecule has 0 aliphatic heterocycles. The summed E-state index contributed by atoms with van der Waals surface area (Å²) in [6, 6.07) is 3.19. The second-order valence-corrected chi connectivity index (χ2v) is 6.29. The molecule has 1 rings (SSSR count). The quantitative estimate of drug-likeness (QED) is 0.319. The van der Waals surface area contributed by atoms with E-state index in [2.05, 4.69) is 58.0 Å². The van der Waals surface area contributed by atoms with Gasteiger partial charge in [0, 0.05) is 20.3 Å². The molecule has 0 fully saturated rings. The van der Waals surface area contributed by atoms with Gasteiger partial charge in [-0.15, -0.1) is 10.2 Å². The first kappa shape index (κ1) is 18.3. The van der Waals surface area contributed by atoms with Gasteiger partial charge in [0.15, 0.2) is 11.5 Å². The minimum absolute atomic E-state index is 0.173. The van der Waals surface area contributed by atoms with Gasteiger partial charge in [0.05, 0.1) is 0 Å². The van der Waals surface area contributed by atoms with E-state index in [0.29, 0.717) is 13.4 Å². The van der Waals surface area contributed by atoms with Gasteiger partial charge in [-0.1, -0.05) is 15.9 Å². The van der Waals surface area contributed by atoms with Crippen LogP contribution < -0.4 is 0 Å². The fourth-order valence-corrected chi connectivity index (χ4v) is 3.57. The topological polar surface area (TPSA) is 62.0 Å². The normalized spacial score (nSPS) is 13.5. The molecule has 0 radical (unpaired) electrons. The summed E-state index contributed by atoms with van der Waals surface area (Å²) < 4.78 is 38.8. The molecule has 0 atom stereocenters. The van der Waals surface area contributed by atoms with Crippen molar-refractivity contribution < 1.29 is 23.1 Å². The lowest BCUT2D eigenvalue weighted by molar-refractivity contribution is -0.126. The van der Waals surface area contributed by atoms with Crippen molar-refractivity contribution in [1.82, 2.24) is 0 Å². The maximum absolute atomic E-state index is 12.4. The van der Waals surface area contributed by atoms with Crippen molar-refractivity contribution in [1.29, 1.82) is 0 Å². The summed E-state index contributed by atoms with van der Waals surface area (Å²) in [5, 5.41) is 15.8. The zero-order chi connectivity index (χ0) is 16.4. The van der Waals surface area contributed by atoms with Crippen LogP contribution in [0.3, 0.4) is 0 Å². The number of Topliss-reactive ketones (excluding diaryl/α,β-unsaturated/α-hetero) is 1. The Hall–Kier alpha value is -0.740. The number of benzene rings is 1. The molecule has 21 heavy (non-hydrogen) atoms. The molecule has 0 amide bonds. The molecule has 1 aromatic carbocycles. The van der Waals surface area contributed by atoms with Crippen molar-refractivity contribution >= 4 is 59.3 Å². The minimum Gasteiger partial charge on any atom is -0.503 e. The number of hydrogen-bond donors (Lipinski definition) is 1. The number of halogens is 6. The number of rotatable bonds is 3. The summed E-state index contributed by atoms with van der Waals surface area (Å²) in [6.45, 7) is 0.849. The van der Waals surface area contributed by atoms with Crippen molar-refractivity contribution in [2.75, 3.05) is 0 Å². The van der Waals surface area contributed by atoms with E-state index in [9.17, 15) is 18.0 Å². The number of azo groups is 1. The van der Waals surface area contributed by atoms with Crippen LogP contribution in [0.25, 0.3) is 0 Å². The van der Waals surface area contributed by atoms with E-state index in [1.165, 1.54) is 0 Å². The Balaban J connectivity index is 3.33. The third kappa shape index (κ3) is 4.89. The van der Waals surface area contributed by atoms with Gasteiger partial charge in [-0.2, -0.15) is 13.2 Å². The van der Waals surface area contributed by atoms with Gasteiger partial charge in [-0.05, 0) is 44.0 Å². The second kappa shape index (κ2) is 7.01. The van der Waals surface area contributed by atoms with Crippen molar-refractivity contribution in [3.8, 4) is 0 Å². The Morgan fingerprint density at radius 3 is 2.05 bits per heavy atom. The van der Waals surface area contributed by atoms with Crippen LogP contribution in [0.4, 0.5) is 18.9 Å². The standard InChI is InChI=1S/C11H6Br3F3N2O2/c1-4(20)8(10(21)11(15,16)17)18-19-9-6(13)2-5(12)3-7(9)14/h2-3,21H,1H3. The van der Waals surface area contributed by atoms with Crippen LogP contribution in [0.15, 0.2) is 47.2 Å². The molecule has 0 heterocycles. The van der Waals surface area contributed by atoms with E-state index in [1.54, 1.807) is 12.1 Å². The maximum Gasteiger partial charge on any atom is 0.451 e. The molecule has 10 heteroatoms. The van der Waals surface area contributed by atoms with Crippen LogP contribution in [0.2, 0.25) is 0 Å². The van der Waals surface area contributed by atoms with Gasteiger partial charge in [0.25, 0.3) is 0 Å². The third-order valence-electron chi connectivity index (χ3n) is 2.06. The Labute approximate surface area is 142 Å². The first-order valence-corrected chi connectivity index (χ1v) is 7.49. The fraction of sp³-hybridized carbons (Fsp3) is 0.182. The number of nitrogens with zero attached hydrogens (tertiary/aromatic N) is 2. The van der Waals surface area contributed by atoms with E-state index in [4.69, 9.17) is 5.11 Å². The van der Waals surface area contributed by atoms with Crippen LogP contribution in [0, 0.1) is 0 Å². The molecule has 4 nitrogen and oxygen atoms in total. The molecular formula is C11H6Br3F3N2O2. The smallest absolute Gasteiger partial charge is 0.451 e. The monoisotopic (exact) mass is 492 g/mol. The SMILES string of the molecule is CC(=O)C(N=Nc1c(Br)cc(Br)cc1Br)=C(O)C(F)(F)F. The van der Waals surface area contributed by atoms with E-state index in [0.717, 1.165) is 6.92 Å². The van der Waals surface area contributed by atoms with Crippen LogP contribution in [-0.4, -0.2) is 17.1 Å². The van der Waals surface area contributed by atoms with Crippen LogP contribution in [0.5, 0.6) is 0 Å². The lowest BCUT2D eigenvalue weighted by atomic mass is 10.3. The molecule has 0 bridgehead atoms. The Bertz CT molecular complexity index is 619. The van der Waals surface area contributed by atoms with Gasteiger partial charge >= 0.3 is 6.18 Å². The highest BCUT2D eigenvalue weighted by Gasteiger charge is 2.38. The fourth-order valence-electron chi connectivity index (χ4n) is 1.15. The summed E-state index contributed by atoms with van der Waals surface area (Å²) in [6.07, 6.45) is -5.08. The number of aliphatic hydroxyl groups is 1. The van der Waals surface area contributed by atoms with Gasteiger partial charge in [-0.25, -0.2) is 0 Å². The molecule has 0 aliphatic carbocycles. The third-order valence-corrected chi connectivity index (χ3v) is 3.72. The zero-order valence-electron chi connectivity index (χ0n) is 10.2. The molecule has 0 aliphatic rings. The molecule has 1 N–H and O–H groups in total. The van der Waals surface area contributed by atoms with Gasteiger partial charge in [-0.3, -0.25) is 4.79 Å². The number of carbonyl (C=O) groups is 1. The lowest BCUT2D eigenvalue weighted by Crippen LogP contribution is -2.16. The minimum atomic E-state index is -5.08. The molecule has 0 saturated carbocycles. The molecular weight excluding hydrogens is 489 g/mol. The predicted octanol–water partition coefficient (Wildman–Crippen LogP) is 5.98. The first-order chi connectivity index (χ1) is 9.54. The number of allylic oxidation sites excluding steroid dienone is 2. The van der Waals surface area contributed by atoms with Gasteiger partial charge in [0.2, 0.25) is 5.76 Å². The van der Waals surface area contributed by atoms with Crippen molar-refractivity contribution in [2.24, 2.45) is 10.2 Å². The van der Waals surface area contributed by atoms with Crippen molar-refractivity contribution in [3.63, 3.8) is 0 Å². The number of hydrogen-bond acceptors (Lipinski definition) is 4. The van der Waals surface area contributed by atoms with E-state index in [-0.39, 0.29) is 5.69 Å². The van der Waals surface area contributed by atoms with Crippen molar-refractivity contribution in [3.05, 3.63) is 37.0 Å². The highest BCUT2D eigenvalue weighted by molar-refractivity contribution is 9.11. The maximum atomic E-state index is 12.4. The van der Waals surface area contributed by atoms with Crippen LogP contribution >= 0.6 is 47.8 Å². The van der Waals surface area contributed by atoms with E-state index >= 15 is 0 Å². The highest BCUT2D eigenvalue weighted by atomic mass is 79.9. The largest absolute Gasteiger partial charge is 0.503 e. The summed E-state index contributed by atoms with van der Waals surface area (Å²) in [4.78, 5) is 11.2. The van der Waals surface area contributed by atoms with E-state index in [1.807, 2.05) is 0 Å². The second-order valence-electron chi connectivity index (χ2n) is 3.67. The number of aliphatic hydroxyl groups excluding tert-OH is 1. The number of alkyl halides is 3. The number of ketones is 1. The molecule has 0 spiro atoms. The van der Waals surface area contributed by atoms with Crippen molar-refractivity contribution in [2.45, 2.75) is 13.1 Å². The molecule has 0 unspecified atom stereocenters. The van der Waals surface area contributed by atoms with E-state index < -0.39 is 23.4 Å². The van der Waals surface area contributed by atoms with Crippen LogP contribution in [0.1, 0.15) is 6.92 Å². The summed E-state index contributed by atoms with van der Waals surface area (Å²) >= 11 is 9.54. The predicted molar refractivity (Wildman–Crippen MR) is 80.4 cm³/mol. The summed E-state index contributed by atoms with van der Waals surface area (Å²) in [5.41, 5.74) is -0.990.